The number of nitrogens with two attached hydrogens (primary N) is 1. The third-order valence-corrected chi connectivity index (χ3v) is 8.33. The van der Waals surface area contributed by atoms with Crippen LogP contribution in [0.25, 0.3) is 11.3 Å². The van der Waals surface area contributed by atoms with E-state index in [0.29, 0.717) is 35.9 Å². The van der Waals surface area contributed by atoms with Gasteiger partial charge in [0, 0.05) is 44.1 Å². The van der Waals surface area contributed by atoms with Crippen molar-refractivity contribution in [2.24, 2.45) is 5.14 Å². The first-order valence-electron chi connectivity index (χ1n) is 11.6. The maximum Gasteiger partial charge on any atom is 0.238 e. The minimum atomic E-state index is -3.80. The van der Waals surface area contributed by atoms with Crippen molar-refractivity contribution in [2.75, 3.05) is 20.3 Å². The zero-order valence-corrected chi connectivity index (χ0v) is 21.7. The molecule has 0 spiro atoms. The molecule has 1 fully saturated rings. The highest BCUT2D eigenvalue weighted by atomic mass is 32.2. The van der Waals surface area contributed by atoms with E-state index in [1.54, 1.807) is 30.6 Å². The molecule has 37 heavy (non-hydrogen) atoms. The summed E-state index contributed by atoms with van der Waals surface area (Å²) < 4.78 is 40.4. The number of hydrogen-bond donors (Lipinski definition) is 1. The Hall–Kier alpha value is -3.33. The summed E-state index contributed by atoms with van der Waals surface area (Å²) in [5.41, 5.74) is 2.45. The summed E-state index contributed by atoms with van der Waals surface area (Å²) >= 11 is 1.54. The van der Waals surface area contributed by atoms with Crippen LogP contribution >= 0.6 is 11.3 Å². The molecule has 0 amide bonds. The summed E-state index contributed by atoms with van der Waals surface area (Å²) in [6.07, 6.45) is 2.87. The summed E-state index contributed by atoms with van der Waals surface area (Å²) in [6, 6.07) is 16.0. The quantitative estimate of drug-likeness (QED) is 0.366. The lowest BCUT2D eigenvalue weighted by Crippen LogP contribution is -2.35. The van der Waals surface area contributed by atoms with Gasteiger partial charge in [-0.2, -0.15) is 0 Å². The van der Waals surface area contributed by atoms with E-state index in [-0.39, 0.29) is 4.90 Å². The van der Waals surface area contributed by atoms with Crippen LogP contribution < -0.4 is 5.14 Å². The van der Waals surface area contributed by atoms with Crippen molar-refractivity contribution < 1.29 is 22.3 Å². The number of ether oxygens (including phenoxy) is 2. The molecule has 1 atom stereocenters. The van der Waals surface area contributed by atoms with Crippen LogP contribution in [0.2, 0.25) is 0 Å². The van der Waals surface area contributed by atoms with E-state index in [4.69, 9.17) is 24.0 Å². The third-order valence-electron chi connectivity index (χ3n) is 6.38. The molecule has 3 heterocycles. The van der Waals surface area contributed by atoms with Gasteiger partial charge in [-0.15, -0.1) is 11.3 Å². The molecular weight excluding hydrogens is 510 g/mol. The number of benzene rings is 2. The summed E-state index contributed by atoms with van der Waals surface area (Å²) in [6.45, 7) is 1.27. The topological polar surface area (TPSA) is 118 Å². The minimum absolute atomic E-state index is 0.0226. The smallest absolute Gasteiger partial charge is 0.238 e. The molecule has 0 bridgehead atoms. The molecule has 10 heteroatoms. The number of rotatable bonds is 6. The zero-order chi connectivity index (χ0) is 25.9. The molecule has 2 aromatic carbocycles. The van der Waals surface area contributed by atoms with E-state index >= 15 is 0 Å². The molecule has 2 aromatic heterocycles. The highest BCUT2D eigenvalue weighted by molar-refractivity contribution is 7.89. The summed E-state index contributed by atoms with van der Waals surface area (Å²) in [5, 5.41) is 8.08. The van der Waals surface area contributed by atoms with Gasteiger partial charge in [-0.25, -0.2) is 23.5 Å². The van der Waals surface area contributed by atoms with E-state index < -0.39 is 21.5 Å². The van der Waals surface area contributed by atoms with Crippen LogP contribution in [0.3, 0.4) is 0 Å². The lowest BCUT2D eigenvalue weighted by molar-refractivity contribution is -0.0948. The molecule has 1 aliphatic heterocycles. The molecule has 2 N–H and O–H groups in total. The summed E-state index contributed by atoms with van der Waals surface area (Å²) in [4.78, 5) is 9.30. The maximum atomic E-state index is 11.7. The Labute approximate surface area is 219 Å². The first-order chi connectivity index (χ1) is 17.9. The highest BCUT2D eigenvalue weighted by Crippen LogP contribution is 2.37. The lowest BCUT2D eigenvalue weighted by atomic mass is 9.93. The molecule has 0 radical (unpaired) electrons. The van der Waals surface area contributed by atoms with E-state index in [1.807, 2.05) is 35.7 Å². The van der Waals surface area contributed by atoms with Crippen LogP contribution in [-0.4, -0.2) is 38.7 Å². The fourth-order valence-electron chi connectivity index (χ4n) is 4.32. The second-order valence-electron chi connectivity index (χ2n) is 8.60. The van der Waals surface area contributed by atoms with Crippen LogP contribution in [0, 0.1) is 11.8 Å². The van der Waals surface area contributed by atoms with E-state index in [9.17, 15) is 8.42 Å². The van der Waals surface area contributed by atoms with Gasteiger partial charge in [-0.3, -0.25) is 0 Å². The number of oxazole rings is 1. The van der Waals surface area contributed by atoms with Crippen molar-refractivity contribution in [3.63, 3.8) is 0 Å². The van der Waals surface area contributed by atoms with E-state index in [1.165, 1.54) is 18.5 Å². The van der Waals surface area contributed by atoms with E-state index in [0.717, 1.165) is 23.4 Å². The van der Waals surface area contributed by atoms with Crippen molar-refractivity contribution in [1.29, 1.82) is 0 Å². The van der Waals surface area contributed by atoms with Gasteiger partial charge in [0.15, 0.2) is 12.2 Å². The monoisotopic (exact) mass is 535 g/mol. The summed E-state index contributed by atoms with van der Waals surface area (Å²) in [5.74, 6) is 6.66. The molecular formula is C27H25N3O5S2. The fourth-order valence-corrected chi connectivity index (χ4v) is 5.82. The first kappa shape index (κ1) is 25.3. The van der Waals surface area contributed by atoms with Crippen LogP contribution in [0.4, 0.5) is 0 Å². The number of aromatic nitrogens is 2. The largest absolute Gasteiger partial charge is 0.443 e. The predicted molar refractivity (Wildman–Crippen MR) is 139 cm³/mol. The second-order valence-corrected chi connectivity index (χ2v) is 11.0. The molecule has 5 rings (SSSR count). The van der Waals surface area contributed by atoms with Gasteiger partial charge >= 0.3 is 0 Å². The van der Waals surface area contributed by atoms with Gasteiger partial charge in [0.05, 0.1) is 10.8 Å². The maximum absolute atomic E-state index is 11.7. The minimum Gasteiger partial charge on any atom is -0.443 e. The Balaban J connectivity index is 1.51. The Kier molecular flexibility index (Phi) is 7.24. The predicted octanol–water partition coefficient (Wildman–Crippen LogP) is 4.28. The molecule has 8 nitrogen and oxygen atoms in total. The van der Waals surface area contributed by atoms with Crippen molar-refractivity contribution in [3.8, 4) is 23.2 Å². The van der Waals surface area contributed by atoms with E-state index in [2.05, 4.69) is 16.8 Å². The average Bonchev–Trinajstić information content (AvgIpc) is 3.60. The van der Waals surface area contributed by atoms with Crippen molar-refractivity contribution in [2.45, 2.75) is 29.3 Å². The standard InChI is InChI=1S/C27H25N3O5S2/c1-33-27(13-15-34-16-14-27)26-30-21(17-36-26)9-12-23(19-5-3-2-4-6-19)24-25(35-18-29-24)20-7-10-22(11-8-20)37(28,31)32/h2-8,10-11,17-18,23H,13-16H2,1H3,(H2,28,31,32). The number of methoxy groups -OCH3 is 1. The number of hydrogen-bond acceptors (Lipinski definition) is 8. The molecule has 0 aliphatic carbocycles. The van der Waals surface area contributed by atoms with Gasteiger partial charge in [-0.1, -0.05) is 36.3 Å². The van der Waals surface area contributed by atoms with Gasteiger partial charge in [-0.05, 0) is 35.7 Å². The van der Waals surface area contributed by atoms with Crippen LogP contribution in [0.5, 0.6) is 0 Å². The third kappa shape index (κ3) is 5.37. The Bertz CT molecular complexity index is 1530. The number of sulfonamides is 1. The van der Waals surface area contributed by atoms with Gasteiger partial charge in [0.2, 0.25) is 10.0 Å². The first-order valence-corrected chi connectivity index (χ1v) is 14.0. The lowest BCUT2D eigenvalue weighted by Gasteiger charge is -2.33. The van der Waals surface area contributed by atoms with Crippen molar-refractivity contribution in [3.05, 3.63) is 88.3 Å². The van der Waals surface area contributed by atoms with Crippen molar-refractivity contribution in [1.82, 2.24) is 9.97 Å². The zero-order valence-electron chi connectivity index (χ0n) is 20.1. The Morgan fingerprint density at radius 1 is 1.11 bits per heavy atom. The number of thiazole rings is 1. The molecule has 4 aromatic rings. The average molecular weight is 536 g/mol. The fraction of sp³-hybridized carbons (Fsp3) is 0.259. The number of primary sulfonamides is 1. The van der Waals surface area contributed by atoms with Crippen LogP contribution in [-0.2, 0) is 25.1 Å². The molecule has 1 unspecified atom stereocenters. The van der Waals surface area contributed by atoms with Crippen molar-refractivity contribution >= 4 is 21.4 Å². The SMILES string of the molecule is COC1(c2nc(C#CC(c3ccccc3)c3ncoc3-c3ccc(S(N)(=O)=O)cc3)cs2)CCOCC1. The highest BCUT2D eigenvalue weighted by Gasteiger charge is 2.37. The normalized spacial score (nSPS) is 16.1. The van der Waals surface area contributed by atoms with Crippen LogP contribution in [0.15, 0.2) is 75.7 Å². The van der Waals surface area contributed by atoms with Gasteiger partial charge in [0.25, 0.3) is 0 Å². The number of nitrogens with zero attached hydrogens (tertiary/aromatic N) is 2. The van der Waals surface area contributed by atoms with Crippen LogP contribution in [0.1, 0.15) is 40.7 Å². The Morgan fingerprint density at radius 3 is 2.51 bits per heavy atom. The molecule has 1 saturated heterocycles. The Morgan fingerprint density at radius 2 is 1.84 bits per heavy atom. The summed E-state index contributed by atoms with van der Waals surface area (Å²) in [7, 11) is -2.09. The molecule has 1 aliphatic rings. The van der Waals surface area contributed by atoms with Gasteiger partial charge < -0.3 is 13.9 Å². The van der Waals surface area contributed by atoms with Gasteiger partial charge in [0.1, 0.15) is 22.0 Å². The second kappa shape index (κ2) is 10.6. The molecule has 0 saturated carbocycles. The molecule has 190 valence electrons.